The highest BCUT2D eigenvalue weighted by molar-refractivity contribution is 4.77. The van der Waals surface area contributed by atoms with Gasteiger partial charge < -0.3 is 15.0 Å². The van der Waals surface area contributed by atoms with Crippen molar-refractivity contribution in [2.24, 2.45) is 0 Å². The zero-order valence-electron chi connectivity index (χ0n) is 9.05. The molecule has 0 saturated carbocycles. The van der Waals surface area contributed by atoms with Crippen LogP contribution in [0.1, 0.15) is 13.3 Å². The Labute approximate surface area is 81.8 Å². The van der Waals surface area contributed by atoms with Gasteiger partial charge in [0.2, 0.25) is 0 Å². The van der Waals surface area contributed by atoms with Gasteiger partial charge in [0, 0.05) is 26.7 Å². The van der Waals surface area contributed by atoms with E-state index in [0.29, 0.717) is 0 Å². The fourth-order valence-corrected chi connectivity index (χ4v) is 0.899. The fraction of sp³-hybridized carbons (Fsp3) is 0.800. The van der Waals surface area contributed by atoms with Crippen LogP contribution in [0.5, 0.6) is 0 Å². The van der Waals surface area contributed by atoms with E-state index in [4.69, 9.17) is 4.74 Å². The van der Waals surface area contributed by atoms with Crippen molar-refractivity contribution in [1.29, 1.82) is 0 Å². The Morgan fingerprint density at radius 3 is 2.77 bits per heavy atom. The number of hydrogen-bond acceptors (Lipinski definition) is 3. The van der Waals surface area contributed by atoms with Crippen molar-refractivity contribution in [2.45, 2.75) is 13.3 Å². The predicted molar refractivity (Wildman–Crippen MR) is 56.8 cm³/mol. The standard InChI is InChI=1S/C10H22N2O/c1-4-5-6-11-7-8-12(2)9-10-13-3/h5-6,11H,4,7-10H2,1-3H3/b6-5-. The molecular formula is C10H22N2O. The molecule has 3 nitrogen and oxygen atoms in total. The number of methoxy groups -OCH3 is 1. The van der Waals surface area contributed by atoms with Gasteiger partial charge in [-0.1, -0.05) is 13.0 Å². The molecule has 13 heavy (non-hydrogen) atoms. The Kier molecular flexibility index (Phi) is 9.15. The van der Waals surface area contributed by atoms with Crippen LogP contribution >= 0.6 is 0 Å². The molecule has 0 amide bonds. The first-order valence-electron chi connectivity index (χ1n) is 4.87. The summed E-state index contributed by atoms with van der Waals surface area (Å²) in [7, 11) is 3.83. The fourth-order valence-electron chi connectivity index (χ4n) is 0.899. The molecule has 78 valence electrons. The van der Waals surface area contributed by atoms with Crippen molar-refractivity contribution in [3.8, 4) is 0 Å². The number of hydrogen-bond donors (Lipinski definition) is 1. The molecule has 0 atom stereocenters. The number of nitrogens with zero attached hydrogens (tertiary/aromatic N) is 1. The lowest BCUT2D eigenvalue weighted by molar-refractivity contribution is 0.162. The van der Waals surface area contributed by atoms with Crippen LogP contribution in [0.2, 0.25) is 0 Å². The molecule has 0 aliphatic rings. The number of likely N-dealkylation sites (N-methyl/N-ethyl adjacent to an activating group) is 1. The Balaban J connectivity index is 3.16. The van der Waals surface area contributed by atoms with Gasteiger partial charge in [-0.15, -0.1) is 0 Å². The minimum atomic E-state index is 0.807. The van der Waals surface area contributed by atoms with E-state index < -0.39 is 0 Å². The summed E-state index contributed by atoms with van der Waals surface area (Å²) in [5, 5.41) is 3.23. The third kappa shape index (κ3) is 9.37. The minimum Gasteiger partial charge on any atom is -0.390 e. The highest BCUT2D eigenvalue weighted by Gasteiger charge is 1.94. The van der Waals surface area contributed by atoms with Crippen LogP contribution in [-0.2, 0) is 4.74 Å². The first kappa shape index (κ1) is 12.5. The maximum absolute atomic E-state index is 4.98. The lowest BCUT2D eigenvalue weighted by Crippen LogP contribution is -2.29. The van der Waals surface area contributed by atoms with Crippen LogP contribution in [0.15, 0.2) is 12.3 Å². The second-order valence-corrected chi connectivity index (χ2v) is 3.06. The molecule has 0 spiro atoms. The molecule has 0 aromatic rings. The lowest BCUT2D eigenvalue weighted by atomic mass is 10.4. The summed E-state index contributed by atoms with van der Waals surface area (Å²) in [6, 6.07) is 0. The van der Waals surface area contributed by atoms with E-state index in [-0.39, 0.29) is 0 Å². The van der Waals surface area contributed by atoms with E-state index in [2.05, 4.69) is 30.3 Å². The molecule has 0 saturated heterocycles. The summed E-state index contributed by atoms with van der Waals surface area (Å²) in [5.41, 5.74) is 0. The first-order valence-corrected chi connectivity index (χ1v) is 4.87. The van der Waals surface area contributed by atoms with Crippen LogP contribution in [0.4, 0.5) is 0 Å². The molecule has 0 aliphatic heterocycles. The van der Waals surface area contributed by atoms with Gasteiger partial charge in [0.25, 0.3) is 0 Å². The topological polar surface area (TPSA) is 24.5 Å². The summed E-state index contributed by atoms with van der Waals surface area (Å²) in [4.78, 5) is 2.25. The van der Waals surface area contributed by atoms with E-state index in [1.165, 1.54) is 0 Å². The maximum atomic E-state index is 4.98. The summed E-state index contributed by atoms with van der Waals surface area (Å²) in [5.74, 6) is 0. The molecule has 3 heteroatoms. The third-order valence-corrected chi connectivity index (χ3v) is 1.79. The third-order valence-electron chi connectivity index (χ3n) is 1.79. The lowest BCUT2D eigenvalue weighted by Gasteiger charge is -2.15. The Morgan fingerprint density at radius 1 is 1.38 bits per heavy atom. The van der Waals surface area contributed by atoms with Crippen molar-refractivity contribution in [1.82, 2.24) is 10.2 Å². The zero-order valence-corrected chi connectivity index (χ0v) is 9.05. The smallest absolute Gasteiger partial charge is 0.0589 e. The Hall–Kier alpha value is -0.540. The van der Waals surface area contributed by atoms with Gasteiger partial charge in [0.05, 0.1) is 6.61 Å². The molecule has 0 unspecified atom stereocenters. The molecule has 0 radical (unpaired) electrons. The quantitative estimate of drug-likeness (QED) is 0.574. The van der Waals surface area contributed by atoms with Gasteiger partial charge in [-0.05, 0) is 19.7 Å². The average molecular weight is 186 g/mol. The number of ether oxygens (including phenoxy) is 1. The van der Waals surface area contributed by atoms with Crippen molar-refractivity contribution < 1.29 is 4.74 Å². The van der Waals surface area contributed by atoms with E-state index in [0.717, 1.165) is 32.7 Å². The van der Waals surface area contributed by atoms with Crippen LogP contribution in [-0.4, -0.2) is 45.3 Å². The Bertz CT molecular complexity index is 126. The summed E-state index contributed by atoms with van der Waals surface area (Å²) >= 11 is 0. The molecule has 0 heterocycles. The SMILES string of the molecule is CC/C=C\NCCN(C)CCOC. The second-order valence-electron chi connectivity index (χ2n) is 3.06. The monoisotopic (exact) mass is 186 g/mol. The van der Waals surface area contributed by atoms with E-state index >= 15 is 0 Å². The molecule has 0 aromatic heterocycles. The van der Waals surface area contributed by atoms with Crippen LogP contribution in [0, 0.1) is 0 Å². The number of nitrogens with one attached hydrogen (secondary N) is 1. The van der Waals surface area contributed by atoms with Gasteiger partial charge >= 0.3 is 0 Å². The first-order chi connectivity index (χ1) is 6.31. The number of allylic oxidation sites excluding steroid dienone is 1. The normalized spacial score (nSPS) is 11.4. The Morgan fingerprint density at radius 2 is 2.15 bits per heavy atom. The van der Waals surface area contributed by atoms with Crippen molar-refractivity contribution in [2.75, 3.05) is 40.4 Å². The van der Waals surface area contributed by atoms with Crippen LogP contribution in [0.25, 0.3) is 0 Å². The molecular weight excluding hydrogens is 164 g/mol. The van der Waals surface area contributed by atoms with Crippen molar-refractivity contribution in [3.63, 3.8) is 0 Å². The molecule has 0 fully saturated rings. The summed E-state index contributed by atoms with van der Waals surface area (Å²) in [6.45, 7) is 5.98. The van der Waals surface area contributed by atoms with Gasteiger partial charge in [-0.2, -0.15) is 0 Å². The highest BCUT2D eigenvalue weighted by atomic mass is 16.5. The van der Waals surface area contributed by atoms with Gasteiger partial charge in [-0.3, -0.25) is 0 Å². The molecule has 0 bridgehead atoms. The summed E-state index contributed by atoms with van der Waals surface area (Å²) < 4.78 is 4.98. The molecule has 0 aliphatic carbocycles. The molecule has 0 rings (SSSR count). The minimum absolute atomic E-state index is 0.807. The summed E-state index contributed by atoms with van der Waals surface area (Å²) in [6.07, 6.45) is 5.23. The average Bonchev–Trinajstić information content (AvgIpc) is 2.14. The van der Waals surface area contributed by atoms with Crippen LogP contribution < -0.4 is 5.32 Å². The van der Waals surface area contributed by atoms with Gasteiger partial charge in [0.1, 0.15) is 0 Å². The van der Waals surface area contributed by atoms with E-state index in [9.17, 15) is 0 Å². The highest BCUT2D eigenvalue weighted by Crippen LogP contribution is 1.81. The molecule has 1 N–H and O–H groups in total. The molecule has 0 aromatic carbocycles. The largest absolute Gasteiger partial charge is 0.390 e. The van der Waals surface area contributed by atoms with E-state index in [1.807, 2.05) is 6.20 Å². The van der Waals surface area contributed by atoms with E-state index in [1.54, 1.807) is 7.11 Å². The van der Waals surface area contributed by atoms with Crippen LogP contribution in [0.3, 0.4) is 0 Å². The van der Waals surface area contributed by atoms with Gasteiger partial charge in [-0.25, -0.2) is 0 Å². The number of rotatable bonds is 8. The predicted octanol–water partition coefficient (Wildman–Crippen LogP) is 1.08. The van der Waals surface area contributed by atoms with Gasteiger partial charge in [0.15, 0.2) is 0 Å². The van der Waals surface area contributed by atoms with Crippen molar-refractivity contribution in [3.05, 3.63) is 12.3 Å². The van der Waals surface area contributed by atoms with Crippen molar-refractivity contribution >= 4 is 0 Å². The second kappa shape index (κ2) is 9.55. The zero-order chi connectivity index (χ0) is 9.94. The maximum Gasteiger partial charge on any atom is 0.0589 e.